The number of aromatic amines is 1. The Hall–Kier alpha value is -2.68. The van der Waals surface area contributed by atoms with E-state index in [1.54, 1.807) is 17.3 Å². The van der Waals surface area contributed by atoms with Gasteiger partial charge in [-0.25, -0.2) is 4.98 Å². The number of carbonyl (C=O) groups is 2. The van der Waals surface area contributed by atoms with Gasteiger partial charge in [0.05, 0.1) is 23.3 Å². The van der Waals surface area contributed by atoms with E-state index in [-0.39, 0.29) is 24.2 Å². The molecule has 0 aliphatic carbocycles. The van der Waals surface area contributed by atoms with E-state index in [9.17, 15) is 9.59 Å². The number of amides is 2. The summed E-state index contributed by atoms with van der Waals surface area (Å²) in [5, 5.41) is 3.91. The average Bonchev–Trinajstić information content (AvgIpc) is 3.38. The second-order valence-corrected chi connectivity index (χ2v) is 7.32. The van der Waals surface area contributed by atoms with Gasteiger partial charge in [-0.05, 0) is 19.3 Å². The minimum atomic E-state index is -0.504. The maximum Gasteiger partial charge on any atom is 0.292 e. The van der Waals surface area contributed by atoms with Gasteiger partial charge in [0.15, 0.2) is 0 Å². The van der Waals surface area contributed by atoms with Gasteiger partial charge in [-0.1, -0.05) is 12.1 Å². The lowest BCUT2D eigenvalue weighted by Crippen LogP contribution is -2.59. The minimum Gasteiger partial charge on any atom is -0.375 e. The van der Waals surface area contributed by atoms with E-state index >= 15 is 0 Å². The predicted molar refractivity (Wildman–Crippen MR) is 98.6 cm³/mol. The van der Waals surface area contributed by atoms with Gasteiger partial charge < -0.3 is 24.0 Å². The van der Waals surface area contributed by atoms with Crippen molar-refractivity contribution in [1.29, 1.82) is 0 Å². The molecule has 9 nitrogen and oxygen atoms in total. The number of nitrogens with zero attached hydrogens (tertiary/aromatic N) is 4. The third kappa shape index (κ3) is 2.99. The van der Waals surface area contributed by atoms with Crippen LogP contribution in [0.3, 0.4) is 0 Å². The maximum atomic E-state index is 12.8. The quantitative estimate of drug-likeness (QED) is 0.843. The number of aromatic nitrogens is 3. The van der Waals surface area contributed by atoms with Crippen molar-refractivity contribution in [3.63, 3.8) is 0 Å². The fourth-order valence-electron chi connectivity index (χ4n) is 4.36. The molecule has 0 aromatic carbocycles. The van der Waals surface area contributed by atoms with Crippen LogP contribution in [0.15, 0.2) is 16.9 Å². The lowest BCUT2D eigenvalue weighted by Gasteiger charge is -2.50. The van der Waals surface area contributed by atoms with Crippen molar-refractivity contribution < 1.29 is 18.8 Å². The number of fused-ring (bicyclic) bond motifs is 2. The number of rotatable bonds is 4. The highest BCUT2D eigenvalue weighted by Gasteiger charge is 2.49. The molecule has 2 aromatic rings. The van der Waals surface area contributed by atoms with E-state index in [0.717, 1.165) is 29.9 Å². The van der Waals surface area contributed by atoms with Crippen LogP contribution in [0.2, 0.25) is 0 Å². The van der Waals surface area contributed by atoms with Gasteiger partial charge in [-0.2, -0.15) is 0 Å². The molecule has 1 N–H and O–H groups in total. The molecule has 0 atom stereocenters. The number of H-pyrrole nitrogens is 1. The predicted octanol–water partition coefficient (Wildman–Crippen LogP) is 1.12. The molecular weight excluding hydrogens is 362 g/mol. The molecule has 2 aromatic heterocycles. The van der Waals surface area contributed by atoms with Gasteiger partial charge >= 0.3 is 0 Å². The summed E-state index contributed by atoms with van der Waals surface area (Å²) in [5.41, 5.74) is 2.25. The Morgan fingerprint density at radius 3 is 2.79 bits per heavy atom. The van der Waals surface area contributed by atoms with Gasteiger partial charge in [-0.3, -0.25) is 9.59 Å². The molecule has 2 amide bonds. The Balaban J connectivity index is 1.56. The Kier molecular flexibility index (Phi) is 4.92. The van der Waals surface area contributed by atoms with Crippen LogP contribution in [-0.2, 0) is 27.9 Å². The highest BCUT2D eigenvalue weighted by atomic mass is 16.5. The fraction of sp³-hybridized carbons (Fsp3) is 0.579. The van der Waals surface area contributed by atoms with Crippen LogP contribution >= 0.6 is 0 Å². The number of aryl methyl sites for hydroxylation is 1. The Labute approximate surface area is 163 Å². The summed E-state index contributed by atoms with van der Waals surface area (Å²) in [6.45, 7) is 3.66. The van der Waals surface area contributed by atoms with E-state index in [0.29, 0.717) is 32.5 Å². The molecule has 28 heavy (non-hydrogen) atoms. The summed E-state index contributed by atoms with van der Waals surface area (Å²) in [7, 11) is 1.53. The molecule has 0 saturated carbocycles. The molecule has 2 aliphatic heterocycles. The summed E-state index contributed by atoms with van der Waals surface area (Å²) in [4.78, 5) is 36.9. The van der Waals surface area contributed by atoms with Crippen LogP contribution in [0.1, 0.15) is 47.4 Å². The van der Waals surface area contributed by atoms with Gasteiger partial charge in [0.2, 0.25) is 11.7 Å². The van der Waals surface area contributed by atoms with Gasteiger partial charge in [0.1, 0.15) is 6.61 Å². The minimum absolute atomic E-state index is 0.0428. The SMILES string of the molecule is CCc1cc(C(=O)N2CCC3(CC2)c2nc[nH]c2CCN3C(=O)COC)on1. The maximum absolute atomic E-state index is 12.8. The van der Waals surface area contributed by atoms with Gasteiger partial charge in [-0.15, -0.1) is 0 Å². The van der Waals surface area contributed by atoms with Crippen molar-refractivity contribution in [2.75, 3.05) is 33.4 Å². The number of likely N-dealkylation sites (tertiary alicyclic amines) is 1. The van der Waals surface area contributed by atoms with Crippen molar-refractivity contribution >= 4 is 11.8 Å². The largest absolute Gasteiger partial charge is 0.375 e. The third-order valence-electron chi connectivity index (χ3n) is 5.84. The summed E-state index contributed by atoms with van der Waals surface area (Å²) in [5.74, 6) is 0.0674. The zero-order chi connectivity index (χ0) is 19.7. The number of hydrogen-bond donors (Lipinski definition) is 1. The van der Waals surface area contributed by atoms with Crippen LogP contribution in [0.5, 0.6) is 0 Å². The average molecular weight is 387 g/mol. The Bertz CT molecular complexity index is 865. The Morgan fingerprint density at radius 1 is 1.32 bits per heavy atom. The Morgan fingerprint density at radius 2 is 2.11 bits per heavy atom. The van der Waals surface area contributed by atoms with Crippen molar-refractivity contribution in [3.05, 3.63) is 35.2 Å². The zero-order valence-corrected chi connectivity index (χ0v) is 16.2. The second-order valence-electron chi connectivity index (χ2n) is 7.32. The molecule has 0 unspecified atom stereocenters. The highest BCUT2D eigenvalue weighted by Crippen LogP contribution is 2.42. The monoisotopic (exact) mass is 387 g/mol. The normalized spacial score (nSPS) is 18.4. The van der Waals surface area contributed by atoms with Crippen LogP contribution in [0.4, 0.5) is 0 Å². The van der Waals surface area contributed by atoms with E-state index in [4.69, 9.17) is 9.26 Å². The first-order valence-corrected chi connectivity index (χ1v) is 9.66. The van der Waals surface area contributed by atoms with Crippen LogP contribution < -0.4 is 0 Å². The molecule has 2 aliphatic rings. The summed E-state index contributed by atoms with van der Waals surface area (Å²) in [6.07, 6.45) is 4.40. The number of hydrogen-bond acceptors (Lipinski definition) is 6. The summed E-state index contributed by atoms with van der Waals surface area (Å²) < 4.78 is 10.3. The first kappa shape index (κ1) is 18.7. The number of nitrogens with one attached hydrogen (secondary N) is 1. The molecule has 1 fully saturated rings. The number of ether oxygens (including phenoxy) is 1. The molecule has 0 bridgehead atoms. The molecular formula is C19H25N5O4. The molecule has 1 spiro atoms. The first-order chi connectivity index (χ1) is 13.6. The summed E-state index contributed by atoms with van der Waals surface area (Å²) in [6, 6.07) is 1.70. The topological polar surface area (TPSA) is 105 Å². The van der Waals surface area contributed by atoms with Gasteiger partial charge in [0, 0.05) is 44.9 Å². The zero-order valence-electron chi connectivity index (χ0n) is 16.2. The van der Waals surface area contributed by atoms with E-state index < -0.39 is 5.54 Å². The van der Waals surface area contributed by atoms with Crippen molar-refractivity contribution in [2.45, 2.75) is 38.1 Å². The van der Waals surface area contributed by atoms with E-state index in [1.165, 1.54) is 7.11 Å². The lowest BCUT2D eigenvalue weighted by molar-refractivity contribution is -0.145. The smallest absolute Gasteiger partial charge is 0.292 e. The molecule has 4 heterocycles. The van der Waals surface area contributed by atoms with Crippen molar-refractivity contribution in [2.24, 2.45) is 0 Å². The third-order valence-corrected chi connectivity index (χ3v) is 5.84. The first-order valence-electron chi connectivity index (χ1n) is 9.66. The second kappa shape index (κ2) is 7.38. The van der Waals surface area contributed by atoms with E-state index in [1.807, 2.05) is 11.8 Å². The number of piperidine rings is 1. The van der Waals surface area contributed by atoms with Crippen molar-refractivity contribution in [1.82, 2.24) is 24.9 Å². The van der Waals surface area contributed by atoms with E-state index in [2.05, 4.69) is 15.1 Å². The van der Waals surface area contributed by atoms with Crippen LogP contribution in [0, 0.1) is 0 Å². The number of imidazole rings is 1. The van der Waals surface area contributed by atoms with Crippen LogP contribution in [-0.4, -0.2) is 70.1 Å². The number of methoxy groups -OCH3 is 1. The standard InChI is InChI=1S/C19H25N5O4/c1-3-13-10-15(28-22-13)18(26)23-8-5-19(6-9-23)17-14(20-12-21-17)4-7-24(19)16(25)11-27-2/h10,12H,3-9,11H2,1-2H3,(H,20,21). The number of carbonyl (C=O) groups excluding carboxylic acids is 2. The fourth-order valence-corrected chi connectivity index (χ4v) is 4.36. The van der Waals surface area contributed by atoms with Gasteiger partial charge in [0.25, 0.3) is 5.91 Å². The molecule has 0 radical (unpaired) electrons. The lowest BCUT2D eigenvalue weighted by atomic mass is 9.78. The molecule has 150 valence electrons. The van der Waals surface area contributed by atoms with Crippen molar-refractivity contribution in [3.8, 4) is 0 Å². The molecule has 4 rings (SSSR count). The highest BCUT2D eigenvalue weighted by molar-refractivity contribution is 5.91. The molecule has 9 heteroatoms. The van der Waals surface area contributed by atoms with Crippen LogP contribution in [0.25, 0.3) is 0 Å². The summed E-state index contributed by atoms with van der Waals surface area (Å²) >= 11 is 0. The molecule has 1 saturated heterocycles.